The second kappa shape index (κ2) is 5.30. The number of thiazole rings is 1. The van der Waals surface area contributed by atoms with E-state index in [1.807, 2.05) is 0 Å². The van der Waals surface area contributed by atoms with Crippen molar-refractivity contribution in [1.82, 2.24) is 10.3 Å². The van der Waals surface area contributed by atoms with Crippen LogP contribution < -0.4 is 5.32 Å². The SMILES string of the molecule is Cc1nc(CCNC2c3ccccc3CC2(C)C)cs1. The molecule has 1 aromatic carbocycles. The molecule has 0 fully saturated rings. The van der Waals surface area contributed by atoms with E-state index in [2.05, 4.69) is 60.7 Å². The molecular weight excluding hydrogens is 264 g/mol. The molecule has 1 heterocycles. The predicted octanol–water partition coefficient (Wildman–Crippen LogP) is 3.91. The Hall–Kier alpha value is -1.19. The van der Waals surface area contributed by atoms with Crippen LogP contribution in [0.2, 0.25) is 0 Å². The van der Waals surface area contributed by atoms with Crippen molar-refractivity contribution >= 4 is 11.3 Å². The van der Waals surface area contributed by atoms with Gasteiger partial charge in [0.1, 0.15) is 0 Å². The van der Waals surface area contributed by atoms with Gasteiger partial charge in [0.15, 0.2) is 0 Å². The molecule has 1 atom stereocenters. The highest BCUT2D eigenvalue weighted by Crippen LogP contribution is 2.44. The zero-order valence-electron chi connectivity index (χ0n) is 12.4. The minimum absolute atomic E-state index is 0.293. The van der Waals surface area contributed by atoms with Crippen LogP contribution in [0.4, 0.5) is 0 Å². The van der Waals surface area contributed by atoms with Crippen molar-refractivity contribution < 1.29 is 0 Å². The van der Waals surface area contributed by atoms with Gasteiger partial charge in [-0.05, 0) is 29.9 Å². The Labute approximate surface area is 125 Å². The summed E-state index contributed by atoms with van der Waals surface area (Å²) in [6, 6.07) is 9.30. The van der Waals surface area contributed by atoms with Gasteiger partial charge in [-0.1, -0.05) is 38.1 Å². The average molecular weight is 286 g/mol. The van der Waals surface area contributed by atoms with E-state index in [0.29, 0.717) is 11.5 Å². The summed E-state index contributed by atoms with van der Waals surface area (Å²) in [6.07, 6.45) is 2.18. The van der Waals surface area contributed by atoms with Gasteiger partial charge in [-0.25, -0.2) is 4.98 Å². The molecule has 3 heteroatoms. The number of fused-ring (bicyclic) bond motifs is 1. The molecule has 1 aliphatic rings. The lowest BCUT2D eigenvalue weighted by Gasteiger charge is -2.28. The van der Waals surface area contributed by atoms with E-state index in [-0.39, 0.29) is 0 Å². The van der Waals surface area contributed by atoms with Crippen LogP contribution in [-0.4, -0.2) is 11.5 Å². The van der Waals surface area contributed by atoms with Crippen molar-refractivity contribution in [3.05, 3.63) is 51.5 Å². The van der Waals surface area contributed by atoms with E-state index in [4.69, 9.17) is 0 Å². The van der Waals surface area contributed by atoms with Gasteiger partial charge in [0.2, 0.25) is 0 Å². The summed E-state index contributed by atoms with van der Waals surface area (Å²) in [5, 5.41) is 7.08. The summed E-state index contributed by atoms with van der Waals surface area (Å²) in [4.78, 5) is 4.53. The van der Waals surface area contributed by atoms with Crippen molar-refractivity contribution in [2.75, 3.05) is 6.54 Å². The Bertz CT molecular complexity index is 601. The number of aryl methyl sites for hydroxylation is 1. The van der Waals surface area contributed by atoms with Gasteiger partial charge in [0.05, 0.1) is 10.7 Å². The first-order valence-electron chi connectivity index (χ1n) is 7.28. The van der Waals surface area contributed by atoms with Crippen LogP contribution >= 0.6 is 11.3 Å². The molecule has 1 unspecified atom stereocenters. The smallest absolute Gasteiger partial charge is 0.0897 e. The van der Waals surface area contributed by atoms with Crippen molar-refractivity contribution in [3.8, 4) is 0 Å². The molecule has 0 spiro atoms. The fraction of sp³-hybridized carbons (Fsp3) is 0.471. The first-order valence-corrected chi connectivity index (χ1v) is 8.16. The number of hydrogen-bond acceptors (Lipinski definition) is 3. The molecule has 0 saturated carbocycles. The lowest BCUT2D eigenvalue weighted by Crippen LogP contribution is -2.32. The molecule has 1 aromatic heterocycles. The standard InChI is InChI=1S/C17H22N2S/c1-12-19-14(11-20-12)8-9-18-16-15-7-5-4-6-13(15)10-17(16,2)3/h4-7,11,16,18H,8-10H2,1-3H3. The summed E-state index contributed by atoms with van der Waals surface area (Å²) < 4.78 is 0. The minimum Gasteiger partial charge on any atom is -0.309 e. The summed E-state index contributed by atoms with van der Waals surface area (Å²) >= 11 is 1.74. The first-order chi connectivity index (χ1) is 9.56. The van der Waals surface area contributed by atoms with E-state index in [0.717, 1.165) is 24.4 Å². The van der Waals surface area contributed by atoms with Crippen molar-refractivity contribution in [1.29, 1.82) is 0 Å². The molecule has 1 aliphatic carbocycles. The molecule has 20 heavy (non-hydrogen) atoms. The molecule has 0 amide bonds. The molecule has 0 aliphatic heterocycles. The van der Waals surface area contributed by atoms with E-state index in [1.165, 1.54) is 16.8 Å². The summed E-state index contributed by atoms with van der Waals surface area (Å²) in [6.45, 7) is 7.78. The number of nitrogens with one attached hydrogen (secondary N) is 1. The van der Waals surface area contributed by atoms with Crippen molar-refractivity contribution in [2.45, 2.75) is 39.7 Å². The Morgan fingerprint density at radius 3 is 2.90 bits per heavy atom. The van der Waals surface area contributed by atoms with Gasteiger partial charge in [0, 0.05) is 24.4 Å². The van der Waals surface area contributed by atoms with Gasteiger partial charge >= 0.3 is 0 Å². The third-order valence-corrected chi connectivity index (χ3v) is 5.01. The van der Waals surface area contributed by atoms with E-state index in [9.17, 15) is 0 Å². The van der Waals surface area contributed by atoms with Crippen LogP contribution in [-0.2, 0) is 12.8 Å². The highest BCUT2D eigenvalue weighted by molar-refractivity contribution is 7.09. The van der Waals surface area contributed by atoms with Gasteiger partial charge in [-0.15, -0.1) is 11.3 Å². The number of rotatable bonds is 4. The Balaban J connectivity index is 1.67. The number of benzene rings is 1. The van der Waals surface area contributed by atoms with E-state index in [1.54, 1.807) is 11.3 Å². The molecule has 0 saturated heterocycles. The molecular formula is C17H22N2S. The average Bonchev–Trinajstić information content (AvgIpc) is 2.91. The molecule has 2 aromatic rings. The van der Waals surface area contributed by atoms with Gasteiger partial charge in [-0.2, -0.15) is 0 Å². The van der Waals surface area contributed by atoms with Crippen molar-refractivity contribution in [2.24, 2.45) is 5.41 Å². The maximum absolute atomic E-state index is 4.53. The van der Waals surface area contributed by atoms with Crippen LogP contribution in [0.3, 0.4) is 0 Å². The third-order valence-electron chi connectivity index (χ3n) is 4.19. The highest BCUT2D eigenvalue weighted by atomic mass is 32.1. The summed E-state index contributed by atoms with van der Waals surface area (Å²) in [5.74, 6) is 0. The van der Waals surface area contributed by atoms with Crippen LogP contribution in [0.5, 0.6) is 0 Å². The Morgan fingerprint density at radius 2 is 2.15 bits per heavy atom. The summed E-state index contributed by atoms with van der Waals surface area (Å²) in [7, 11) is 0. The highest BCUT2D eigenvalue weighted by Gasteiger charge is 2.38. The predicted molar refractivity (Wildman–Crippen MR) is 85.2 cm³/mol. The van der Waals surface area contributed by atoms with Crippen LogP contribution in [0, 0.1) is 12.3 Å². The lowest BCUT2D eigenvalue weighted by atomic mass is 9.85. The minimum atomic E-state index is 0.293. The number of nitrogens with zero attached hydrogens (tertiary/aromatic N) is 1. The molecule has 0 radical (unpaired) electrons. The van der Waals surface area contributed by atoms with E-state index >= 15 is 0 Å². The second-order valence-corrected chi connectivity index (χ2v) is 7.42. The quantitative estimate of drug-likeness (QED) is 0.922. The normalized spacial score (nSPS) is 20.1. The molecule has 1 N–H and O–H groups in total. The third kappa shape index (κ3) is 2.65. The molecule has 0 bridgehead atoms. The van der Waals surface area contributed by atoms with Crippen LogP contribution in [0.1, 0.15) is 41.7 Å². The van der Waals surface area contributed by atoms with Gasteiger partial charge < -0.3 is 5.32 Å². The maximum Gasteiger partial charge on any atom is 0.0897 e. The number of hydrogen-bond donors (Lipinski definition) is 1. The van der Waals surface area contributed by atoms with Crippen LogP contribution in [0.15, 0.2) is 29.6 Å². The topological polar surface area (TPSA) is 24.9 Å². The Morgan fingerprint density at radius 1 is 1.35 bits per heavy atom. The molecule has 3 rings (SSSR count). The fourth-order valence-corrected chi connectivity index (χ4v) is 3.89. The van der Waals surface area contributed by atoms with Crippen LogP contribution in [0.25, 0.3) is 0 Å². The number of aromatic nitrogens is 1. The van der Waals surface area contributed by atoms with Gasteiger partial charge in [0.25, 0.3) is 0 Å². The largest absolute Gasteiger partial charge is 0.309 e. The zero-order chi connectivity index (χ0) is 14.2. The van der Waals surface area contributed by atoms with Gasteiger partial charge in [-0.3, -0.25) is 0 Å². The molecule has 106 valence electrons. The fourth-order valence-electron chi connectivity index (χ4n) is 3.24. The maximum atomic E-state index is 4.53. The monoisotopic (exact) mass is 286 g/mol. The summed E-state index contributed by atoms with van der Waals surface area (Å²) in [5.41, 5.74) is 4.48. The molecule has 2 nitrogen and oxygen atoms in total. The van der Waals surface area contributed by atoms with E-state index < -0.39 is 0 Å². The first kappa shape index (κ1) is 13.8. The Kier molecular flexibility index (Phi) is 3.65. The van der Waals surface area contributed by atoms with Crippen molar-refractivity contribution in [3.63, 3.8) is 0 Å². The lowest BCUT2D eigenvalue weighted by molar-refractivity contribution is 0.270. The second-order valence-electron chi connectivity index (χ2n) is 6.36. The zero-order valence-corrected chi connectivity index (χ0v) is 13.3.